The zero-order valence-corrected chi connectivity index (χ0v) is 11.2. The summed E-state index contributed by atoms with van der Waals surface area (Å²) in [6.45, 7) is 2.23. The van der Waals surface area contributed by atoms with Crippen molar-refractivity contribution in [3.8, 4) is 6.07 Å². The minimum Gasteiger partial charge on any atom is -0.300 e. The predicted octanol–water partition coefficient (Wildman–Crippen LogP) is 2.90. The van der Waals surface area contributed by atoms with E-state index in [1.54, 1.807) is 0 Å². The van der Waals surface area contributed by atoms with Crippen molar-refractivity contribution in [2.75, 3.05) is 13.1 Å². The average molecular weight is 248 g/mol. The molecule has 1 saturated carbocycles. The molecule has 0 N–H and O–H groups in total. The second-order valence-electron chi connectivity index (χ2n) is 5.68. The Hall–Kier alpha value is -0.880. The highest BCUT2D eigenvalue weighted by atomic mass is 16.1. The molecule has 100 valence electrons. The minimum atomic E-state index is 0.317. The van der Waals surface area contributed by atoms with Gasteiger partial charge in [0.15, 0.2) is 0 Å². The lowest BCUT2D eigenvalue weighted by Gasteiger charge is -2.33. The molecular weight excluding hydrogens is 224 g/mol. The Morgan fingerprint density at radius 1 is 1.22 bits per heavy atom. The summed E-state index contributed by atoms with van der Waals surface area (Å²) in [5.41, 5.74) is 0. The maximum absolute atomic E-state index is 12.0. The minimum absolute atomic E-state index is 0.317. The first kappa shape index (κ1) is 13.5. The van der Waals surface area contributed by atoms with Crippen molar-refractivity contribution in [2.24, 2.45) is 5.92 Å². The van der Waals surface area contributed by atoms with Crippen molar-refractivity contribution in [3.05, 3.63) is 0 Å². The van der Waals surface area contributed by atoms with Crippen molar-refractivity contribution < 1.29 is 4.79 Å². The highest BCUT2D eigenvalue weighted by molar-refractivity contribution is 5.82. The summed E-state index contributed by atoms with van der Waals surface area (Å²) < 4.78 is 0. The van der Waals surface area contributed by atoms with Gasteiger partial charge in [-0.3, -0.25) is 9.69 Å². The normalized spacial score (nSPS) is 29.4. The summed E-state index contributed by atoms with van der Waals surface area (Å²) in [4.78, 5) is 14.6. The first-order valence-electron chi connectivity index (χ1n) is 7.46. The van der Waals surface area contributed by atoms with Gasteiger partial charge in [-0.1, -0.05) is 6.42 Å². The van der Waals surface area contributed by atoms with Crippen molar-refractivity contribution in [1.29, 1.82) is 5.26 Å². The highest BCUT2D eigenvalue weighted by Crippen LogP contribution is 2.32. The lowest BCUT2D eigenvalue weighted by molar-refractivity contribution is -0.126. The lowest BCUT2D eigenvalue weighted by atomic mass is 9.82. The summed E-state index contributed by atoms with van der Waals surface area (Å²) in [5, 5.41) is 8.54. The van der Waals surface area contributed by atoms with Gasteiger partial charge < -0.3 is 0 Å². The Morgan fingerprint density at radius 3 is 2.89 bits per heavy atom. The van der Waals surface area contributed by atoms with Crippen LogP contribution in [0.15, 0.2) is 0 Å². The Kier molecular flexibility index (Phi) is 5.19. The molecule has 2 unspecified atom stereocenters. The molecule has 1 heterocycles. The fourth-order valence-electron chi connectivity index (χ4n) is 3.52. The number of hydrogen-bond donors (Lipinski definition) is 0. The Balaban J connectivity index is 1.83. The van der Waals surface area contributed by atoms with Crippen molar-refractivity contribution in [3.63, 3.8) is 0 Å². The standard InChI is InChI=1S/C15H24N2O/c16-10-4-1-5-11-17-12-6-8-14(17)13-7-2-3-9-15(13)18/h13-14H,1-9,11-12H2. The van der Waals surface area contributed by atoms with Gasteiger partial charge in [0.25, 0.3) is 0 Å². The fourth-order valence-corrected chi connectivity index (χ4v) is 3.52. The molecule has 3 heteroatoms. The number of likely N-dealkylation sites (tertiary alicyclic amines) is 1. The molecule has 0 aromatic carbocycles. The molecule has 2 aliphatic rings. The van der Waals surface area contributed by atoms with Gasteiger partial charge in [-0.15, -0.1) is 0 Å². The van der Waals surface area contributed by atoms with Crippen LogP contribution in [0.2, 0.25) is 0 Å². The summed E-state index contributed by atoms with van der Waals surface area (Å²) >= 11 is 0. The molecule has 0 bridgehead atoms. The van der Waals surface area contributed by atoms with Crippen LogP contribution in [0, 0.1) is 17.2 Å². The quantitative estimate of drug-likeness (QED) is 0.703. The maximum Gasteiger partial charge on any atom is 0.137 e. The molecule has 18 heavy (non-hydrogen) atoms. The number of rotatable bonds is 5. The van der Waals surface area contributed by atoms with Crippen molar-refractivity contribution in [1.82, 2.24) is 4.90 Å². The molecule has 2 rings (SSSR count). The molecule has 0 radical (unpaired) electrons. The average Bonchev–Trinajstić information content (AvgIpc) is 2.83. The van der Waals surface area contributed by atoms with Crippen LogP contribution in [0.3, 0.4) is 0 Å². The van der Waals surface area contributed by atoms with E-state index in [1.165, 1.54) is 19.3 Å². The third-order valence-electron chi connectivity index (χ3n) is 4.46. The largest absolute Gasteiger partial charge is 0.300 e. The Morgan fingerprint density at radius 2 is 2.11 bits per heavy atom. The van der Waals surface area contributed by atoms with Crippen molar-refractivity contribution in [2.45, 2.75) is 63.8 Å². The number of ketones is 1. The molecule has 1 saturated heterocycles. The van der Waals surface area contributed by atoms with E-state index in [1.807, 2.05) is 0 Å². The topological polar surface area (TPSA) is 44.1 Å². The molecule has 0 aromatic heterocycles. The van der Waals surface area contributed by atoms with E-state index in [4.69, 9.17) is 5.26 Å². The molecule has 0 amide bonds. The molecule has 0 spiro atoms. The van der Waals surface area contributed by atoms with Crippen LogP contribution in [0.1, 0.15) is 57.8 Å². The monoisotopic (exact) mass is 248 g/mol. The molecule has 2 atom stereocenters. The Bertz CT molecular complexity index is 321. The van der Waals surface area contributed by atoms with Crippen LogP contribution in [-0.4, -0.2) is 29.8 Å². The van der Waals surface area contributed by atoms with Gasteiger partial charge in [0.05, 0.1) is 6.07 Å². The third kappa shape index (κ3) is 3.32. The van der Waals surface area contributed by atoms with Crippen LogP contribution in [0.5, 0.6) is 0 Å². The van der Waals surface area contributed by atoms with Gasteiger partial charge in [-0.2, -0.15) is 5.26 Å². The number of carbonyl (C=O) groups excluding carboxylic acids is 1. The molecule has 3 nitrogen and oxygen atoms in total. The van der Waals surface area contributed by atoms with Gasteiger partial charge in [0.2, 0.25) is 0 Å². The number of carbonyl (C=O) groups is 1. The van der Waals surface area contributed by atoms with E-state index < -0.39 is 0 Å². The number of nitriles is 1. The van der Waals surface area contributed by atoms with E-state index in [2.05, 4.69) is 11.0 Å². The number of Topliss-reactive ketones (excluding diaryl/α,β-unsaturated/α-hetero) is 1. The summed E-state index contributed by atoms with van der Waals surface area (Å²) in [5.74, 6) is 0.826. The van der Waals surface area contributed by atoms with E-state index in [0.717, 1.165) is 45.2 Å². The second-order valence-corrected chi connectivity index (χ2v) is 5.68. The molecular formula is C15H24N2O. The maximum atomic E-state index is 12.0. The zero-order valence-electron chi connectivity index (χ0n) is 11.2. The van der Waals surface area contributed by atoms with Crippen molar-refractivity contribution >= 4 is 5.78 Å². The predicted molar refractivity (Wildman–Crippen MR) is 71.0 cm³/mol. The fraction of sp³-hybridized carbons (Fsp3) is 0.867. The van der Waals surface area contributed by atoms with E-state index in [9.17, 15) is 4.79 Å². The number of hydrogen-bond acceptors (Lipinski definition) is 3. The van der Waals surface area contributed by atoms with Gasteiger partial charge in [-0.05, 0) is 51.6 Å². The number of nitrogens with zero attached hydrogens (tertiary/aromatic N) is 2. The Labute approximate surface area is 110 Å². The van der Waals surface area contributed by atoms with Gasteiger partial charge in [-0.25, -0.2) is 0 Å². The first-order valence-corrected chi connectivity index (χ1v) is 7.46. The smallest absolute Gasteiger partial charge is 0.137 e. The van der Waals surface area contributed by atoms with Gasteiger partial charge in [0.1, 0.15) is 5.78 Å². The highest BCUT2D eigenvalue weighted by Gasteiger charge is 2.36. The molecule has 1 aliphatic carbocycles. The molecule has 1 aliphatic heterocycles. The first-order chi connectivity index (χ1) is 8.83. The van der Waals surface area contributed by atoms with E-state index in [0.29, 0.717) is 24.2 Å². The van der Waals surface area contributed by atoms with E-state index in [-0.39, 0.29) is 0 Å². The van der Waals surface area contributed by atoms with Crippen LogP contribution in [-0.2, 0) is 4.79 Å². The summed E-state index contributed by atoms with van der Waals surface area (Å²) in [7, 11) is 0. The van der Waals surface area contributed by atoms with E-state index >= 15 is 0 Å². The summed E-state index contributed by atoms with van der Waals surface area (Å²) in [6.07, 6.45) is 9.46. The van der Waals surface area contributed by atoms with Gasteiger partial charge in [0, 0.05) is 24.8 Å². The van der Waals surface area contributed by atoms with Gasteiger partial charge >= 0.3 is 0 Å². The molecule has 0 aromatic rings. The number of unbranched alkanes of at least 4 members (excludes halogenated alkanes) is 2. The SMILES string of the molecule is N#CCCCCN1CCCC1C1CCCCC1=O. The zero-order chi connectivity index (χ0) is 12.8. The third-order valence-corrected chi connectivity index (χ3v) is 4.46. The van der Waals surface area contributed by atoms with Crippen LogP contribution in [0.4, 0.5) is 0 Å². The molecule has 2 fully saturated rings. The second kappa shape index (κ2) is 6.89. The van der Waals surface area contributed by atoms with Crippen LogP contribution < -0.4 is 0 Å². The summed E-state index contributed by atoms with van der Waals surface area (Å²) in [6, 6.07) is 2.72. The lowest BCUT2D eigenvalue weighted by Crippen LogP contribution is -2.41. The van der Waals surface area contributed by atoms with Crippen LogP contribution >= 0.6 is 0 Å². The van der Waals surface area contributed by atoms with Crippen LogP contribution in [0.25, 0.3) is 0 Å².